The molecule has 0 saturated carbocycles. The third-order valence-corrected chi connectivity index (χ3v) is 4.75. The molecule has 0 fully saturated rings. The fourth-order valence-electron chi connectivity index (χ4n) is 1.98. The van der Waals surface area contributed by atoms with Gasteiger partial charge in [-0.2, -0.15) is 0 Å². The van der Waals surface area contributed by atoms with E-state index in [9.17, 15) is 4.79 Å². The molecule has 1 aromatic heterocycles. The van der Waals surface area contributed by atoms with Gasteiger partial charge in [0.15, 0.2) is 6.10 Å². The minimum Gasteiger partial charge on any atom is -0.481 e. The molecular weight excluding hydrogens is 332 g/mol. The van der Waals surface area contributed by atoms with Crippen molar-refractivity contribution in [2.45, 2.75) is 46.3 Å². The van der Waals surface area contributed by atoms with Gasteiger partial charge < -0.3 is 10.1 Å². The number of amides is 1. The maximum absolute atomic E-state index is 12.2. The zero-order valence-electron chi connectivity index (χ0n) is 13.7. The lowest BCUT2D eigenvalue weighted by molar-refractivity contribution is -0.127. The fourth-order valence-corrected chi connectivity index (χ4v) is 3.04. The number of carbonyl (C=O) groups is 1. The number of carbonyl (C=O) groups excluding carboxylic acids is 1. The van der Waals surface area contributed by atoms with E-state index in [2.05, 4.69) is 24.1 Å². The lowest BCUT2D eigenvalue weighted by atomic mass is 10.2. The normalized spacial score (nSPS) is 12.3. The Hall–Kier alpha value is -1.59. The quantitative estimate of drug-likeness (QED) is 0.842. The van der Waals surface area contributed by atoms with Gasteiger partial charge in [0.2, 0.25) is 0 Å². The number of thiazole rings is 1. The number of halogens is 1. The van der Waals surface area contributed by atoms with E-state index in [4.69, 9.17) is 16.3 Å². The molecule has 23 heavy (non-hydrogen) atoms. The minimum atomic E-state index is -0.585. The molecular formula is C17H21ClN2O2S. The summed E-state index contributed by atoms with van der Waals surface area (Å²) in [5.41, 5.74) is 1.78. The van der Waals surface area contributed by atoms with Gasteiger partial charge in [0.05, 0.1) is 17.2 Å². The van der Waals surface area contributed by atoms with Gasteiger partial charge in [-0.25, -0.2) is 4.98 Å². The van der Waals surface area contributed by atoms with Crippen LogP contribution in [0.15, 0.2) is 23.6 Å². The van der Waals surface area contributed by atoms with Crippen LogP contribution in [0.4, 0.5) is 0 Å². The number of benzene rings is 1. The Balaban J connectivity index is 1.89. The van der Waals surface area contributed by atoms with E-state index in [1.54, 1.807) is 30.4 Å². The third kappa shape index (κ3) is 4.94. The standard InChI is InChI=1S/C17H21ClN2O2S/c1-10(2)17-20-14(9-23-17)8-19-16(21)12(4)22-15-6-5-13(18)7-11(15)3/h5-7,9-10,12H,8H2,1-4H3,(H,19,21). The summed E-state index contributed by atoms with van der Waals surface area (Å²) in [6, 6.07) is 5.33. The number of hydrogen-bond acceptors (Lipinski definition) is 4. The fraction of sp³-hybridized carbons (Fsp3) is 0.412. The van der Waals surface area contributed by atoms with Crippen LogP contribution in [0, 0.1) is 6.92 Å². The molecule has 0 radical (unpaired) electrons. The number of rotatable bonds is 6. The Morgan fingerprint density at radius 3 is 2.74 bits per heavy atom. The van der Waals surface area contributed by atoms with E-state index in [1.165, 1.54) is 0 Å². The van der Waals surface area contributed by atoms with Crippen molar-refractivity contribution in [3.05, 3.63) is 44.9 Å². The zero-order valence-corrected chi connectivity index (χ0v) is 15.3. The Morgan fingerprint density at radius 1 is 1.39 bits per heavy atom. The van der Waals surface area contributed by atoms with Crippen molar-refractivity contribution in [2.75, 3.05) is 0 Å². The van der Waals surface area contributed by atoms with Crippen molar-refractivity contribution in [2.24, 2.45) is 0 Å². The average Bonchev–Trinajstić information content (AvgIpc) is 2.96. The number of hydrogen-bond donors (Lipinski definition) is 1. The summed E-state index contributed by atoms with van der Waals surface area (Å²) in [5, 5.41) is 6.56. The first-order chi connectivity index (χ1) is 10.9. The maximum atomic E-state index is 12.2. The predicted molar refractivity (Wildman–Crippen MR) is 94.3 cm³/mol. The molecule has 2 rings (SSSR count). The van der Waals surface area contributed by atoms with Crippen molar-refractivity contribution >= 4 is 28.8 Å². The largest absolute Gasteiger partial charge is 0.481 e. The molecule has 1 amide bonds. The summed E-state index contributed by atoms with van der Waals surface area (Å²) in [5.74, 6) is 0.894. The molecule has 0 aliphatic heterocycles. The van der Waals surface area contributed by atoms with Gasteiger partial charge >= 0.3 is 0 Å². The van der Waals surface area contributed by atoms with E-state index >= 15 is 0 Å². The van der Waals surface area contributed by atoms with Crippen LogP contribution in [0.5, 0.6) is 5.75 Å². The summed E-state index contributed by atoms with van der Waals surface area (Å²) < 4.78 is 5.71. The van der Waals surface area contributed by atoms with Crippen LogP contribution < -0.4 is 10.1 Å². The SMILES string of the molecule is Cc1cc(Cl)ccc1OC(C)C(=O)NCc1csc(C(C)C)n1. The summed E-state index contributed by atoms with van der Waals surface area (Å²) in [4.78, 5) is 16.7. The monoisotopic (exact) mass is 352 g/mol. The van der Waals surface area contributed by atoms with Crippen LogP contribution >= 0.6 is 22.9 Å². The van der Waals surface area contributed by atoms with Crippen molar-refractivity contribution in [1.29, 1.82) is 0 Å². The second-order valence-corrected chi connectivity index (χ2v) is 7.05. The first kappa shape index (κ1) is 17.8. The first-order valence-corrected chi connectivity index (χ1v) is 8.77. The van der Waals surface area contributed by atoms with Crippen LogP contribution in [-0.2, 0) is 11.3 Å². The molecule has 0 spiro atoms. The molecule has 0 aliphatic carbocycles. The van der Waals surface area contributed by atoms with E-state index in [1.807, 2.05) is 18.4 Å². The van der Waals surface area contributed by atoms with Gasteiger partial charge in [-0.15, -0.1) is 11.3 Å². The highest BCUT2D eigenvalue weighted by molar-refractivity contribution is 7.09. The van der Waals surface area contributed by atoms with Gasteiger partial charge in [0.1, 0.15) is 5.75 Å². The number of nitrogens with one attached hydrogen (secondary N) is 1. The molecule has 1 unspecified atom stereocenters. The highest BCUT2D eigenvalue weighted by Crippen LogP contribution is 2.23. The van der Waals surface area contributed by atoms with Crippen molar-refractivity contribution in [3.63, 3.8) is 0 Å². The summed E-state index contributed by atoms with van der Waals surface area (Å²) >= 11 is 7.53. The second-order valence-electron chi connectivity index (χ2n) is 5.72. The topological polar surface area (TPSA) is 51.2 Å². The molecule has 4 nitrogen and oxygen atoms in total. The zero-order chi connectivity index (χ0) is 17.0. The lowest BCUT2D eigenvalue weighted by Crippen LogP contribution is -2.36. The molecule has 1 aromatic carbocycles. The summed E-state index contributed by atoms with van der Waals surface area (Å²) in [7, 11) is 0. The van der Waals surface area contributed by atoms with Crippen molar-refractivity contribution < 1.29 is 9.53 Å². The molecule has 0 bridgehead atoms. The predicted octanol–water partition coefficient (Wildman–Crippen LogP) is 4.31. The molecule has 0 saturated heterocycles. The lowest BCUT2D eigenvalue weighted by Gasteiger charge is -2.16. The second kappa shape index (κ2) is 7.79. The van der Waals surface area contributed by atoms with E-state index in [-0.39, 0.29) is 5.91 Å². The molecule has 0 aliphatic rings. The van der Waals surface area contributed by atoms with E-state index in [0.29, 0.717) is 23.2 Å². The van der Waals surface area contributed by atoms with Gasteiger partial charge in [0, 0.05) is 16.3 Å². The highest BCUT2D eigenvalue weighted by atomic mass is 35.5. The van der Waals surface area contributed by atoms with Crippen LogP contribution in [-0.4, -0.2) is 17.0 Å². The van der Waals surface area contributed by atoms with E-state index < -0.39 is 6.10 Å². The molecule has 2 aromatic rings. The Bertz CT molecular complexity index is 685. The molecule has 1 heterocycles. The van der Waals surface area contributed by atoms with Crippen LogP contribution in [0.25, 0.3) is 0 Å². The Kier molecular flexibility index (Phi) is 6.02. The van der Waals surface area contributed by atoms with Gasteiger partial charge in [-0.1, -0.05) is 25.4 Å². The number of aryl methyl sites for hydroxylation is 1. The number of ether oxygens (including phenoxy) is 1. The molecule has 1 N–H and O–H groups in total. The van der Waals surface area contributed by atoms with Crippen molar-refractivity contribution in [3.8, 4) is 5.75 Å². The van der Waals surface area contributed by atoms with Crippen LogP contribution in [0.3, 0.4) is 0 Å². The number of nitrogens with zero attached hydrogens (tertiary/aromatic N) is 1. The Labute approximate surface area is 145 Å². The average molecular weight is 353 g/mol. The smallest absolute Gasteiger partial charge is 0.261 e. The van der Waals surface area contributed by atoms with E-state index in [0.717, 1.165) is 16.3 Å². The maximum Gasteiger partial charge on any atom is 0.261 e. The van der Waals surface area contributed by atoms with Gasteiger partial charge in [-0.3, -0.25) is 4.79 Å². The summed E-state index contributed by atoms with van der Waals surface area (Å²) in [6.45, 7) is 8.24. The van der Waals surface area contributed by atoms with Crippen LogP contribution in [0.2, 0.25) is 5.02 Å². The minimum absolute atomic E-state index is 0.168. The molecule has 124 valence electrons. The summed E-state index contributed by atoms with van der Waals surface area (Å²) in [6.07, 6.45) is -0.585. The Morgan fingerprint density at radius 2 is 2.13 bits per heavy atom. The third-order valence-electron chi connectivity index (χ3n) is 3.32. The van der Waals surface area contributed by atoms with Crippen LogP contribution in [0.1, 0.15) is 43.0 Å². The van der Waals surface area contributed by atoms with Gasteiger partial charge in [0.25, 0.3) is 5.91 Å². The van der Waals surface area contributed by atoms with Gasteiger partial charge in [-0.05, 0) is 37.6 Å². The molecule has 1 atom stereocenters. The first-order valence-electron chi connectivity index (χ1n) is 7.51. The molecule has 6 heteroatoms. The highest BCUT2D eigenvalue weighted by Gasteiger charge is 2.16. The van der Waals surface area contributed by atoms with Crippen molar-refractivity contribution in [1.82, 2.24) is 10.3 Å². The number of aromatic nitrogens is 1.